The van der Waals surface area contributed by atoms with Crippen LogP contribution in [-0.2, 0) is 11.3 Å². The summed E-state index contributed by atoms with van der Waals surface area (Å²) in [5.74, 6) is 0.917. The van der Waals surface area contributed by atoms with E-state index < -0.39 is 0 Å². The van der Waals surface area contributed by atoms with Gasteiger partial charge in [-0.2, -0.15) is 4.98 Å². The maximum atomic E-state index is 5.79. The molecule has 0 aliphatic carbocycles. The molecule has 0 unspecified atom stereocenters. The Labute approximate surface area is 121 Å². The zero-order chi connectivity index (χ0) is 13.8. The first-order chi connectivity index (χ1) is 9.81. The van der Waals surface area contributed by atoms with Gasteiger partial charge in [-0.05, 0) is 38.1 Å². The van der Waals surface area contributed by atoms with E-state index in [1.165, 1.54) is 0 Å². The van der Waals surface area contributed by atoms with Gasteiger partial charge in [0.2, 0.25) is 5.82 Å². The highest BCUT2D eigenvalue weighted by molar-refractivity contribution is 6.30. The van der Waals surface area contributed by atoms with Crippen LogP contribution in [-0.4, -0.2) is 34.3 Å². The molecule has 2 aromatic heterocycles. The summed E-state index contributed by atoms with van der Waals surface area (Å²) in [6.07, 6.45) is 3.85. The first kappa shape index (κ1) is 13.5. The number of nitrogens with one attached hydrogen (secondary N) is 1. The molecule has 0 atom stereocenters. The third-order valence-electron chi connectivity index (χ3n) is 3.15. The smallest absolute Gasteiger partial charge is 0.253 e. The minimum atomic E-state index is 0.264. The summed E-state index contributed by atoms with van der Waals surface area (Å²) in [6, 6.07) is 3.50. The fourth-order valence-electron chi connectivity index (χ4n) is 2.08. The zero-order valence-electron chi connectivity index (χ0n) is 10.9. The number of piperidine rings is 1. The number of nitrogens with zero attached hydrogens (tertiary/aromatic N) is 3. The van der Waals surface area contributed by atoms with Crippen LogP contribution in [0.3, 0.4) is 0 Å². The summed E-state index contributed by atoms with van der Waals surface area (Å²) in [4.78, 5) is 8.42. The molecule has 106 valence electrons. The first-order valence-electron chi connectivity index (χ1n) is 6.58. The van der Waals surface area contributed by atoms with Gasteiger partial charge in [0.05, 0.1) is 11.1 Å². The molecule has 1 N–H and O–H groups in total. The topological polar surface area (TPSA) is 73.1 Å². The van der Waals surface area contributed by atoms with Gasteiger partial charge in [-0.25, -0.2) is 0 Å². The van der Waals surface area contributed by atoms with E-state index in [0.29, 0.717) is 29.0 Å². The minimum Gasteiger partial charge on any atom is -0.368 e. The number of halogens is 1. The van der Waals surface area contributed by atoms with Crippen molar-refractivity contribution in [2.45, 2.75) is 25.6 Å². The van der Waals surface area contributed by atoms with Gasteiger partial charge >= 0.3 is 0 Å². The van der Waals surface area contributed by atoms with Crippen LogP contribution in [0.25, 0.3) is 11.5 Å². The van der Waals surface area contributed by atoms with Crippen LogP contribution in [0.15, 0.2) is 22.9 Å². The molecule has 1 aliphatic rings. The van der Waals surface area contributed by atoms with Gasteiger partial charge in [-0.1, -0.05) is 16.8 Å². The highest BCUT2D eigenvalue weighted by Gasteiger charge is 2.16. The molecule has 0 radical (unpaired) electrons. The highest BCUT2D eigenvalue weighted by atomic mass is 35.5. The van der Waals surface area contributed by atoms with Crippen molar-refractivity contribution in [3.05, 3.63) is 29.2 Å². The lowest BCUT2D eigenvalue weighted by Gasteiger charge is -2.21. The SMILES string of the molecule is Clc1ccc(-c2noc(COC3CCNCC3)n2)nc1. The number of pyridine rings is 1. The lowest BCUT2D eigenvalue weighted by atomic mass is 10.1. The quantitative estimate of drug-likeness (QED) is 0.930. The number of hydrogen-bond acceptors (Lipinski definition) is 6. The van der Waals surface area contributed by atoms with Crippen molar-refractivity contribution in [2.75, 3.05) is 13.1 Å². The van der Waals surface area contributed by atoms with E-state index in [1.807, 2.05) is 0 Å². The summed E-state index contributed by atoms with van der Waals surface area (Å²) in [5.41, 5.74) is 0.631. The van der Waals surface area contributed by atoms with Crippen molar-refractivity contribution in [3.8, 4) is 11.5 Å². The average Bonchev–Trinajstić information content (AvgIpc) is 2.96. The second-order valence-corrected chi connectivity index (χ2v) is 5.07. The van der Waals surface area contributed by atoms with Gasteiger partial charge in [0.15, 0.2) is 0 Å². The van der Waals surface area contributed by atoms with Crippen molar-refractivity contribution in [3.63, 3.8) is 0 Å². The van der Waals surface area contributed by atoms with Crippen molar-refractivity contribution in [2.24, 2.45) is 0 Å². The molecule has 1 aliphatic heterocycles. The van der Waals surface area contributed by atoms with Crippen LogP contribution in [0, 0.1) is 0 Å². The van der Waals surface area contributed by atoms with Gasteiger partial charge in [0, 0.05) is 6.20 Å². The van der Waals surface area contributed by atoms with Gasteiger partial charge in [0.25, 0.3) is 5.89 Å². The lowest BCUT2D eigenvalue weighted by molar-refractivity contribution is 0.00859. The van der Waals surface area contributed by atoms with Gasteiger partial charge in [-0.3, -0.25) is 4.98 Å². The molecule has 1 saturated heterocycles. The molecule has 2 aromatic rings. The molecule has 3 rings (SSSR count). The van der Waals surface area contributed by atoms with E-state index in [0.717, 1.165) is 25.9 Å². The van der Waals surface area contributed by atoms with E-state index in [2.05, 4.69) is 20.4 Å². The third kappa shape index (κ3) is 3.33. The standard InChI is InChI=1S/C13H15ClN4O2/c14-9-1-2-11(16-7-9)13-17-12(20-18-13)8-19-10-3-5-15-6-4-10/h1-2,7,10,15H,3-6,8H2. The third-order valence-corrected chi connectivity index (χ3v) is 3.38. The first-order valence-corrected chi connectivity index (χ1v) is 6.96. The van der Waals surface area contributed by atoms with Crippen molar-refractivity contribution < 1.29 is 9.26 Å². The predicted molar refractivity (Wildman–Crippen MR) is 73.2 cm³/mol. The molecule has 3 heterocycles. The summed E-state index contributed by atoms with van der Waals surface area (Å²) in [5, 5.41) is 7.76. The largest absolute Gasteiger partial charge is 0.368 e. The molecule has 0 spiro atoms. The van der Waals surface area contributed by atoms with Crippen molar-refractivity contribution >= 4 is 11.6 Å². The molecule has 20 heavy (non-hydrogen) atoms. The summed E-state index contributed by atoms with van der Waals surface area (Å²) in [6.45, 7) is 2.33. The molecule has 7 heteroatoms. The van der Waals surface area contributed by atoms with Gasteiger partial charge in [0.1, 0.15) is 12.3 Å². The van der Waals surface area contributed by atoms with Gasteiger partial charge in [-0.15, -0.1) is 0 Å². The van der Waals surface area contributed by atoms with E-state index in [9.17, 15) is 0 Å². The molecular formula is C13H15ClN4O2. The van der Waals surface area contributed by atoms with E-state index in [1.54, 1.807) is 18.3 Å². The van der Waals surface area contributed by atoms with Crippen LogP contribution in [0.1, 0.15) is 18.7 Å². The second-order valence-electron chi connectivity index (χ2n) is 4.63. The Kier molecular flexibility index (Phi) is 4.25. The van der Waals surface area contributed by atoms with Crippen molar-refractivity contribution in [1.29, 1.82) is 0 Å². The molecule has 1 fully saturated rings. The Hall–Kier alpha value is -1.50. The molecule has 0 amide bonds. The summed E-state index contributed by atoms with van der Waals surface area (Å²) in [7, 11) is 0. The van der Waals surface area contributed by atoms with Crippen molar-refractivity contribution in [1.82, 2.24) is 20.4 Å². The Morgan fingerprint density at radius 3 is 2.95 bits per heavy atom. The molecular weight excluding hydrogens is 280 g/mol. The Morgan fingerprint density at radius 2 is 2.20 bits per heavy atom. The Bertz CT molecular complexity index is 552. The number of hydrogen-bond donors (Lipinski definition) is 1. The average molecular weight is 295 g/mol. The Balaban J connectivity index is 1.60. The zero-order valence-corrected chi connectivity index (χ0v) is 11.6. The molecule has 0 bridgehead atoms. The maximum Gasteiger partial charge on any atom is 0.253 e. The molecule has 6 nitrogen and oxygen atoms in total. The van der Waals surface area contributed by atoms with Gasteiger partial charge < -0.3 is 14.6 Å². The molecule has 0 aromatic carbocycles. The number of aromatic nitrogens is 3. The van der Waals surface area contributed by atoms with Crippen LogP contribution < -0.4 is 5.32 Å². The fourth-order valence-corrected chi connectivity index (χ4v) is 2.19. The monoisotopic (exact) mass is 294 g/mol. The summed E-state index contributed by atoms with van der Waals surface area (Å²) < 4.78 is 10.9. The highest BCUT2D eigenvalue weighted by Crippen LogP contribution is 2.16. The Morgan fingerprint density at radius 1 is 1.35 bits per heavy atom. The van der Waals surface area contributed by atoms with Crippen LogP contribution in [0.2, 0.25) is 5.02 Å². The number of ether oxygens (including phenoxy) is 1. The van der Waals surface area contributed by atoms with E-state index >= 15 is 0 Å². The number of rotatable bonds is 4. The van der Waals surface area contributed by atoms with Crippen LogP contribution >= 0.6 is 11.6 Å². The fraction of sp³-hybridized carbons (Fsp3) is 0.462. The minimum absolute atomic E-state index is 0.264. The lowest BCUT2D eigenvalue weighted by Crippen LogP contribution is -2.32. The van der Waals surface area contributed by atoms with E-state index in [4.69, 9.17) is 20.9 Å². The van der Waals surface area contributed by atoms with E-state index in [-0.39, 0.29) is 6.10 Å². The maximum absolute atomic E-state index is 5.79. The normalized spacial score (nSPS) is 16.4. The van der Waals surface area contributed by atoms with Crippen LogP contribution in [0.5, 0.6) is 0 Å². The second kappa shape index (κ2) is 6.30. The van der Waals surface area contributed by atoms with Crippen LogP contribution in [0.4, 0.5) is 0 Å². The molecule has 0 saturated carbocycles. The predicted octanol–water partition coefficient (Wildman–Crippen LogP) is 2.05. The summed E-state index contributed by atoms with van der Waals surface area (Å²) >= 11 is 5.79.